The van der Waals surface area contributed by atoms with Crippen molar-refractivity contribution in [3.05, 3.63) is 23.8 Å². The van der Waals surface area contributed by atoms with E-state index < -0.39 is 10.8 Å². The molecule has 4 heteroatoms. The maximum Gasteiger partial charge on any atom is 0.0533 e. The van der Waals surface area contributed by atoms with Gasteiger partial charge in [0.2, 0.25) is 0 Å². The Bertz CT molecular complexity index is 352. The Balaban J connectivity index is 2.68. The van der Waals surface area contributed by atoms with Crippen molar-refractivity contribution in [2.45, 2.75) is 18.2 Å². The summed E-state index contributed by atoms with van der Waals surface area (Å²) in [6, 6.07) is 5.60. The third kappa shape index (κ3) is 3.87. The maximum atomic E-state index is 11.9. The molecule has 15 heavy (non-hydrogen) atoms. The number of hydrogen-bond donors (Lipinski definition) is 1. The van der Waals surface area contributed by atoms with Crippen molar-refractivity contribution in [2.24, 2.45) is 0 Å². The number of thioether (sulfide) groups is 1. The first-order chi connectivity index (χ1) is 7.15. The predicted octanol–water partition coefficient (Wildman–Crippen LogP) is 2.44. The van der Waals surface area contributed by atoms with Gasteiger partial charge in [0.1, 0.15) is 0 Å². The van der Waals surface area contributed by atoms with Crippen LogP contribution in [0, 0.1) is 6.92 Å². The molecule has 1 rings (SSSR count). The van der Waals surface area contributed by atoms with E-state index in [1.165, 1.54) is 0 Å². The van der Waals surface area contributed by atoms with Crippen LogP contribution in [0.4, 0.5) is 5.69 Å². The van der Waals surface area contributed by atoms with Crippen molar-refractivity contribution in [3.8, 4) is 0 Å². The third-order valence-electron chi connectivity index (χ3n) is 2.14. The van der Waals surface area contributed by atoms with E-state index in [2.05, 4.69) is 6.26 Å². The van der Waals surface area contributed by atoms with Crippen LogP contribution in [0.5, 0.6) is 0 Å². The molecular formula is C11H17NOS2. The highest BCUT2D eigenvalue weighted by Gasteiger charge is 2.07. The van der Waals surface area contributed by atoms with Gasteiger partial charge in [-0.05, 0) is 43.0 Å². The summed E-state index contributed by atoms with van der Waals surface area (Å²) >= 11 is 1.79. The van der Waals surface area contributed by atoms with Crippen LogP contribution in [0.3, 0.4) is 0 Å². The van der Waals surface area contributed by atoms with Crippen LogP contribution in [0.15, 0.2) is 23.1 Å². The Morgan fingerprint density at radius 2 is 2.20 bits per heavy atom. The molecule has 0 saturated heterocycles. The molecule has 0 fully saturated rings. The van der Waals surface area contributed by atoms with E-state index in [1.54, 1.807) is 11.8 Å². The minimum Gasteiger partial charge on any atom is -0.399 e. The average Bonchev–Trinajstić information content (AvgIpc) is 2.22. The van der Waals surface area contributed by atoms with Crippen LogP contribution in [0.2, 0.25) is 0 Å². The average molecular weight is 243 g/mol. The van der Waals surface area contributed by atoms with E-state index in [0.29, 0.717) is 5.69 Å². The second-order valence-corrected chi connectivity index (χ2v) is 5.95. The highest BCUT2D eigenvalue weighted by atomic mass is 32.2. The fourth-order valence-corrected chi connectivity index (χ4v) is 3.24. The van der Waals surface area contributed by atoms with Crippen molar-refractivity contribution < 1.29 is 4.21 Å². The molecule has 0 aliphatic heterocycles. The van der Waals surface area contributed by atoms with Crippen LogP contribution in [-0.4, -0.2) is 22.0 Å². The number of aryl methyl sites for hydroxylation is 1. The van der Waals surface area contributed by atoms with Gasteiger partial charge in [-0.1, -0.05) is 6.07 Å². The third-order valence-corrected chi connectivity index (χ3v) is 4.42. The SMILES string of the molecule is CSCCCS(=O)c1cc(N)ccc1C. The molecule has 0 bridgehead atoms. The summed E-state index contributed by atoms with van der Waals surface area (Å²) in [4.78, 5) is 0.885. The standard InChI is InChI=1S/C11H17NOS2/c1-9-4-5-10(12)8-11(9)15(13)7-3-6-14-2/h4-5,8H,3,6-7,12H2,1-2H3. The summed E-state index contributed by atoms with van der Waals surface area (Å²) in [7, 11) is -0.900. The number of anilines is 1. The zero-order valence-electron chi connectivity index (χ0n) is 9.16. The molecule has 0 aromatic heterocycles. The lowest BCUT2D eigenvalue weighted by atomic mass is 10.2. The Hall–Kier alpha value is -0.480. The first-order valence-corrected chi connectivity index (χ1v) is 7.60. The van der Waals surface area contributed by atoms with E-state index in [0.717, 1.165) is 28.4 Å². The molecule has 1 aromatic carbocycles. The van der Waals surface area contributed by atoms with E-state index in [4.69, 9.17) is 5.73 Å². The zero-order valence-corrected chi connectivity index (χ0v) is 10.8. The molecule has 2 N–H and O–H groups in total. The van der Waals surface area contributed by atoms with Crippen molar-refractivity contribution in [1.82, 2.24) is 0 Å². The maximum absolute atomic E-state index is 11.9. The number of hydrogen-bond acceptors (Lipinski definition) is 3. The lowest BCUT2D eigenvalue weighted by Crippen LogP contribution is -2.02. The van der Waals surface area contributed by atoms with E-state index >= 15 is 0 Å². The summed E-state index contributed by atoms with van der Waals surface area (Å²) in [5, 5.41) is 0. The second kappa shape index (κ2) is 6.18. The molecule has 1 unspecified atom stereocenters. The topological polar surface area (TPSA) is 43.1 Å². The van der Waals surface area contributed by atoms with Gasteiger partial charge in [-0.3, -0.25) is 4.21 Å². The first kappa shape index (κ1) is 12.6. The molecular weight excluding hydrogens is 226 g/mol. The van der Waals surface area contributed by atoms with Crippen molar-refractivity contribution in [2.75, 3.05) is 23.5 Å². The lowest BCUT2D eigenvalue weighted by molar-refractivity contribution is 0.681. The van der Waals surface area contributed by atoms with Crippen molar-refractivity contribution in [3.63, 3.8) is 0 Å². The summed E-state index contributed by atoms with van der Waals surface area (Å²) in [6.45, 7) is 1.97. The monoisotopic (exact) mass is 243 g/mol. The van der Waals surface area contributed by atoms with Crippen LogP contribution >= 0.6 is 11.8 Å². The van der Waals surface area contributed by atoms with Crippen LogP contribution in [0.1, 0.15) is 12.0 Å². The molecule has 0 radical (unpaired) electrons. The molecule has 1 aromatic rings. The second-order valence-electron chi connectivity index (χ2n) is 3.42. The molecule has 2 nitrogen and oxygen atoms in total. The van der Waals surface area contributed by atoms with Gasteiger partial charge in [0.25, 0.3) is 0 Å². The highest BCUT2D eigenvalue weighted by molar-refractivity contribution is 7.98. The van der Waals surface area contributed by atoms with E-state index in [-0.39, 0.29) is 0 Å². The molecule has 84 valence electrons. The smallest absolute Gasteiger partial charge is 0.0533 e. The minimum atomic E-state index is -0.900. The summed E-state index contributed by atoms with van der Waals surface area (Å²) < 4.78 is 11.9. The van der Waals surface area contributed by atoms with Crippen LogP contribution < -0.4 is 5.73 Å². The van der Waals surface area contributed by atoms with Gasteiger partial charge >= 0.3 is 0 Å². The molecule has 0 spiro atoms. The van der Waals surface area contributed by atoms with Gasteiger partial charge in [-0.2, -0.15) is 11.8 Å². The number of nitrogens with two attached hydrogens (primary N) is 1. The molecule has 0 aliphatic carbocycles. The largest absolute Gasteiger partial charge is 0.399 e. The van der Waals surface area contributed by atoms with Crippen molar-refractivity contribution >= 4 is 28.2 Å². The minimum absolute atomic E-state index is 0.689. The fraction of sp³-hybridized carbons (Fsp3) is 0.455. The Kier molecular flexibility index (Phi) is 5.19. The van der Waals surface area contributed by atoms with Gasteiger partial charge < -0.3 is 5.73 Å². The summed E-state index contributed by atoms with van der Waals surface area (Å²) in [5.41, 5.74) is 7.43. The number of benzene rings is 1. The zero-order chi connectivity index (χ0) is 11.3. The predicted molar refractivity (Wildman–Crippen MR) is 69.9 cm³/mol. The Morgan fingerprint density at radius 3 is 2.87 bits per heavy atom. The highest BCUT2D eigenvalue weighted by Crippen LogP contribution is 2.17. The van der Waals surface area contributed by atoms with E-state index in [9.17, 15) is 4.21 Å². The number of rotatable bonds is 5. The van der Waals surface area contributed by atoms with Gasteiger partial charge in [-0.15, -0.1) is 0 Å². The lowest BCUT2D eigenvalue weighted by Gasteiger charge is -2.06. The normalized spacial score (nSPS) is 12.7. The molecule has 0 saturated carbocycles. The van der Waals surface area contributed by atoms with Crippen molar-refractivity contribution in [1.29, 1.82) is 0 Å². The fourth-order valence-electron chi connectivity index (χ4n) is 1.31. The van der Waals surface area contributed by atoms with Gasteiger partial charge in [0.05, 0.1) is 10.8 Å². The molecule has 1 atom stereocenters. The number of nitrogen functional groups attached to an aromatic ring is 1. The summed E-state index contributed by atoms with van der Waals surface area (Å²) in [6.07, 6.45) is 3.05. The quantitative estimate of drug-likeness (QED) is 0.638. The van der Waals surface area contributed by atoms with Crippen LogP contribution in [-0.2, 0) is 10.8 Å². The molecule has 0 amide bonds. The van der Waals surface area contributed by atoms with Crippen LogP contribution in [0.25, 0.3) is 0 Å². The summed E-state index contributed by atoms with van der Waals surface area (Å²) in [5.74, 6) is 1.79. The van der Waals surface area contributed by atoms with E-state index in [1.807, 2.05) is 25.1 Å². The van der Waals surface area contributed by atoms with Gasteiger partial charge in [0, 0.05) is 16.3 Å². The van der Waals surface area contributed by atoms with Gasteiger partial charge in [0.15, 0.2) is 0 Å². The Morgan fingerprint density at radius 1 is 1.47 bits per heavy atom. The molecule has 0 aliphatic rings. The molecule has 0 heterocycles. The van der Waals surface area contributed by atoms with Gasteiger partial charge in [-0.25, -0.2) is 0 Å². The first-order valence-electron chi connectivity index (χ1n) is 4.88. The Labute approximate surface area is 98.1 Å².